The van der Waals surface area contributed by atoms with Crippen LogP contribution in [0.2, 0.25) is 0 Å². The first-order valence-electron chi connectivity index (χ1n) is 7.74. The lowest BCUT2D eigenvalue weighted by Crippen LogP contribution is -2.37. The predicted octanol–water partition coefficient (Wildman–Crippen LogP) is 2.09. The van der Waals surface area contributed by atoms with E-state index in [1.165, 1.54) is 5.56 Å². The fourth-order valence-electron chi connectivity index (χ4n) is 3.37. The van der Waals surface area contributed by atoms with Gasteiger partial charge in [0, 0.05) is 38.7 Å². The Balaban J connectivity index is 1.85. The smallest absolute Gasteiger partial charge is 0.139 e. The summed E-state index contributed by atoms with van der Waals surface area (Å²) < 4.78 is 5.50. The van der Waals surface area contributed by atoms with E-state index in [1.807, 2.05) is 12.1 Å². The minimum atomic E-state index is 0.340. The summed E-state index contributed by atoms with van der Waals surface area (Å²) in [6.45, 7) is 4.06. The van der Waals surface area contributed by atoms with E-state index in [-0.39, 0.29) is 0 Å². The highest BCUT2D eigenvalue weighted by Gasteiger charge is 2.30. The normalized spacial score (nSPS) is 22.4. The van der Waals surface area contributed by atoms with Gasteiger partial charge in [-0.05, 0) is 32.0 Å². The summed E-state index contributed by atoms with van der Waals surface area (Å²) in [5, 5.41) is 1.15. The standard InChI is InChI=1S/C17H24N4O/c1-12-6-5-7-15-16(12)17(19-11-18-15)21(3)9-13-8-14(22-4)10-20(13)2/h5-7,11,13-14H,8-10H2,1-4H3/t13-,14-/m0/s1. The van der Waals surface area contributed by atoms with Gasteiger partial charge >= 0.3 is 0 Å². The zero-order valence-electron chi connectivity index (χ0n) is 13.8. The number of hydrogen-bond donors (Lipinski definition) is 0. The number of methoxy groups -OCH3 is 1. The fourth-order valence-corrected chi connectivity index (χ4v) is 3.37. The largest absolute Gasteiger partial charge is 0.380 e. The number of likely N-dealkylation sites (tertiary alicyclic amines) is 1. The second-order valence-corrected chi connectivity index (χ2v) is 6.23. The highest BCUT2D eigenvalue weighted by atomic mass is 16.5. The number of benzene rings is 1. The highest BCUT2D eigenvalue weighted by Crippen LogP contribution is 2.27. The molecule has 3 rings (SSSR count). The Morgan fingerprint density at radius 1 is 1.36 bits per heavy atom. The van der Waals surface area contributed by atoms with Crippen LogP contribution in [0.25, 0.3) is 10.9 Å². The summed E-state index contributed by atoms with van der Waals surface area (Å²) in [4.78, 5) is 13.6. The van der Waals surface area contributed by atoms with E-state index in [9.17, 15) is 0 Å². The van der Waals surface area contributed by atoms with Gasteiger partial charge in [-0.1, -0.05) is 12.1 Å². The van der Waals surface area contributed by atoms with Gasteiger partial charge in [0.2, 0.25) is 0 Å². The van der Waals surface area contributed by atoms with E-state index in [0.717, 1.165) is 36.2 Å². The minimum absolute atomic E-state index is 0.340. The summed E-state index contributed by atoms with van der Waals surface area (Å²) in [7, 11) is 6.08. The maximum atomic E-state index is 5.50. The lowest BCUT2D eigenvalue weighted by Gasteiger charge is -2.27. The van der Waals surface area contributed by atoms with E-state index < -0.39 is 0 Å². The number of anilines is 1. The van der Waals surface area contributed by atoms with Crippen molar-refractivity contribution in [1.29, 1.82) is 0 Å². The minimum Gasteiger partial charge on any atom is -0.380 e. The molecular formula is C17H24N4O. The third-order valence-corrected chi connectivity index (χ3v) is 4.68. The third kappa shape index (κ3) is 2.78. The van der Waals surface area contributed by atoms with Gasteiger partial charge in [-0.25, -0.2) is 9.97 Å². The number of ether oxygens (including phenoxy) is 1. The van der Waals surface area contributed by atoms with Crippen molar-refractivity contribution in [3.05, 3.63) is 30.1 Å². The van der Waals surface area contributed by atoms with Crippen LogP contribution in [-0.2, 0) is 4.74 Å². The monoisotopic (exact) mass is 300 g/mol. The summed E-state index contributed by atoms with van der Waals surface area (Å²) in [6, 6.07) is 6.70. The van der Waals surface area contributed by atoms with Crippen molar-refractivity contribution in [1.82, 2.24) is 14.9 Å². The van der Waals surface area contributed by atoms with Crippen LogP contribution in [0.5, 0.6) is 0 Å². The summed E-state index contributed by atoms with van der Waals surface area (Å²) in [5.74, 6) is 1.01. The van der Waals surface area contributed by atoms with Crippen molar-refractivity contribution in [2.24, 2.45) is 0 Å². The lowest BCUT2D eigenvalue weighted by atomic mass is 10.1. The molecule has 0 N–H and O–H groups in total. The summed E-state index contributed by atoms with van der Waals surface area (Å²) in [6.07, 6.45) is 3.07. The second kappa shape index (κ2) is 6.18. The number of nitrogens with zero attached hydrogens (tertiary/aromatic N) is 4. The van der Waals surface area contributed by atoms with Gasteiger partial charge in [0.15, 0.2) is 0 Å². The molecule has 2 atom stereocenters. The first-order chi connectivity index (χ1) is 10.6. The summed E-state index contributed by atoms with van der Waals surface area (Å²) in [5.41, 5.74) is 2.22. The van der Waals surface area contributed by atoms with Crippen molar-refractivity contribution < 1.29 is 4.74 Å². The van der Waals surface area contributed by atoms with Gasteiger partial charge in [0.1, 0.15) is 12.1 Å². The quantitative estimate of drug-likeness (QED) is 0.865. The van der Waals surface area contributed by atoms with Gasteiger partial charge in [0.05, 0.1) is 11.6 Å². The van der Waals surface area contributed by atoms with Crippen molar-refractivity contribution in [3.63, 3.8) is 0 Å². The lowest BCUT2D eigenvalue weighted by molar-refractivity contribution is 0.111. The van der Waals surface area contributed by atoms with Gasteiger partial charge < -0.3 is 9.64 Å². The molecule has 0 radical (unpaired) electrons. The van der Waals surface area contributed by atoms with Crippen molar-refractivity contribution in [2.75, 3.05) is 39.2 Å². The molecule has 1 fully saturated rings. The molecule has 0 bridgehead atoms. The zero-order chi connectivity index (χ0) is 15.7. The van der Waals surface area contributed by atoms with E-state index in [0.29, 0.717) is 12.1 Å². The molecule has 1 aromatic heterocycles. The molecule has 0 unspecified atom stereocenters. The molecule has 5 nitrogen and oxygen atoms in total. The number of aryl methyl sites for hydroxylation is 1. The second-order valence-electron chi connectivity index (χ2n) is 6.23. The molecule has 0 amide bonds. The van der Waals surface area contributed by atoms with E-state index in [2.05, 4.69) is 46.9 Å². The van der Waals surface area contributed by atoms with Crippen LogP contribution in [0.1, 0.15) is 12.0 Å². The Hall–Kier alpha value is -1.72. The first-order valence-corrected chi connectivity index (χ1v) is 7.74. The molecular weight excluding hydrogens is 276 g/mol. The van der Waals surface area contributed by atoms with Crippen LogP contribution >= 0.6 is 0 Å². The van der Waals surface area contributed by atoms with Crippen LogP contribution in [0.3, 0.4) is 0 Å². The van der Waals surface area contributed by atoms with E-state index in [1.54, 1.807) is 13.4 Å². The Morgan fingerprint density at radius 3 is 2.91 bits per heavy atom. The maximum absolute atomic E-state index is 5.50. The number of likely N-dealkylation sites (N-methyl/N-ethyl adjacent to an activating group) is 2. The third-order valence-electron chi connectivity index (χ3n) is 4.68. The zero-order valence-corrected chi connectivity index (χ0v) is 13.8. The van der Waals surface area contributed by atoms with Gasteiger partial charge in [-0.2, -0.15) is 0 Å². The van der Waals surface area contributed by atoms with Gasteiger partial charge in [-0.3, -0.25) is 4.90 Å². The summed E-state index contributed by atoms with van der Waals surface area (Å²) >= 11 is 0. The number of hydrogen-bond acceptors (Lipinski definition) is 5. The molecule has 0 saturated carbocycles. The van der Waals surface area contributed by atoms with Crippen LogP contribution < -0.4 is 4.90 Å². The van der Waals surface area contributed by atoms with Crippen LogP contribution in [0, 0.1) is 6.92 Å². The van der Waals surface area contributed by atoms with Crippen molar-refractivity contribution in [2.45, 2.75) is 25.5 Å². The average molecular weight is 300 g/mol. The van der Waals surface area contributed by atoms with Crippen molar-refractivity contribution >= 4 is 16.7 Å². The van der Waals surface area contributed by atoms with Crippen molar-refractivity contribution in [3.8, 4) is 0 Å². The Labute approximate surface area is 131 Å². The van der Waals surface area contributed by atoms with E-state index in [4.69, 9.17) is 4.74 Å². The Bertz CT molecular complexity index is 655. The molecule has 0 spiro atoms. The number of rotatable bonds is 4. The van der Waals surface area contributed by atoms with Crippen LogP contribution in [-0.4, -0.2) is 61.3 Å². The van der Waals surface area contributed by atoms with Gasteiger partial charge in [0.25, 0.3) is 0 Å². The van der Waals surface area contributed by atoms with Crippen LogP contribution in [0.15, 0.2) is 24.5 Å². The molecule has 1 aliphatic rings. The maximum Gasteiger partial charge on any atom is 0.139 e. The molecule has 5 heteroatoms. The molecule has 118 valence electrons. The van der Waals surface area contributed by atoms with Crippen LogP contribution in [0.4, 0.5) is 5.82 Å². The first kappa shape index (κ1) is 15.2. The highest BCUT2D eigenvalue weighted by molar-refractivity contribution is 5.92. The Morgan fingerprint density at radius 2 is 2.18 bits per heavy atom. The number of fused-ring (bicyclic) bond motifs is 1. The molecule has 1 aliphatic heterocycles. The number of aromatic nitrogens is 2. The molecule has 2 aromatic rings. The topological polar surface area (TPSA) is 41.5 Å². The Kier molecular flexibility index (Phi) is 4.27. The molecule has 2 heterocycles. The predicted molar refractivity (Wildman–Crippen MR) is 89.4 cm³/mol. The fraction of sp³-hybridized carbons (Fsp3) is 0.529. The molecule has 22 heavy (non-hydrogen) atoms. The average Bonchev–Trinajstić information content (AvgIpc) is 2.87. The molecule has 1 aromatic carbocycles. The molecule has 0 aliphatic carbocycles. The van der Waals surface area contributed by atoms with E-state index >= 15 is 0 Å². The SMILES string of the molecule is CO[C@H]1C[C@@H](CN(C)c2ncnc3cccc(C)c23)N(C)C1. The molecule has 1 saturated heterocycles. The van der Waals surface area contributed by atoms with Gasteiger partial charge in [-0.15, -0.1) is 0 Å².